The summed E-state index contributed by atoms with van der Waals surface area (Å²) in [6.45, 7) is 16.9. The zero-order valence-corrected chi connectivity index (χ0v) is 47.7. The number of benzene rings is 10. The molecule has 12 rings (SSSR count). The van der Waals surface area contributed by atoms with Crippen LogP contribution in [0.2, 0.25) is 0 Å². The Morgan fingerprint density at radius 3 is 0.792 bits per heavy atom. The molecule has 0 saturated heterocycles. The molecule has 0 atom stereocenters. The van der Waals surface area contributed by atoms with E-state index in [1.165, 1.54) is 144 Å². The van der Waals surface area contributed by atoms with Gasteiger partial charge in [-0.2, -0.15) is 12.1 Å². The van der Waals surface area contributed by atoms with Gasteiger partial charge < -0.3 is 14.9 Å². The van der Waals surface area contributed by atoms with Gasteiger partial charge in [-0.3, -0.25) is 0 Å². The van der Waals surface area contributed by atoms with Gasteiger partial charge in [-0.1, -0.05) is 269 Å². The van der Waals surface area contributed by atoms with Crippen LogP contribution in [0.15, 0.2) is 218 Å². The molecule has 0 nitrogen and oxygen atoms in total. The molecule has 360 valence electrons. The van der Waals surface area contributed by atoms with Crippen molar-refractivity contribution in [3.8, 4) is 44.5 Å². The molecule has 2 radical (unpaired) electrons. The molecule has 72 heavy (non-hydrogen) atoms. The average molecular weight is 1070 g/mol. The molecule has 0 bridgehead atoms. The van der Waals surface area contributed by atoms with Gasteiger partial charge in [-0.05, 0) is 65.0 Å². The van der Waals surface area contributed by atoms with E-state index in [2.05, 4.69) is 267 Å². The first kappa shape index (κ1) is 55.5. The van der Waals surface area contributed by atoms with Gasteiger partial charge in [0.05, 0.1) is 0 Å². The summed E-state index contributed by atoms with van der Waals surface area (Å²) in [4.78, 5) is 0. The van der Waals surface area contributed by atoms with E-state index < -0.39 is 0 Å². The van der Waals surface area contributed by atoms with Gasteiger partial charge in [0.2, 0.25) is 0 Å². The van der Waals surface area contributed by atoms with Crippen molar-refractivity contribution in [2.24, 2.45) is 0 Å². The van der Waals surface area contributed by atoms with E-state index in [1.807, 2.05) is 0 Å². The van der Waals surface area contributed by atoms with Crippen LogP contribution in [-0.2, 0) is 34.2 Å². The van der Waals surface area contributed by atoms with Gasteiger partial charge in [0, 0.05) is 0 Å². The van der Waals surface area contributed by atoms with E-state index in [0.717, 1.165) is 0 Å². The number of halogens is 2. The number of hydrogen-bond acceptors (Lipinski definition) is 0. The van der Waals surface area contributed by atoms with Crippen LogP contribution in [0.1, 0.15) is 52.7 Å². The molecule has 0 spiro atoms. The SMILES string of the molecule is CC(C)(C)c1cc2c(-c3cccc4ccccc34)ccc(-c3cccc4ccccc34)c2[cH-]1.CC(C)(C)c1cc2c(-c3cccc4ccccc34)ccc(-c3cccc4ccccc34)c2[cH-]1.Cl.Cl.[CH3-].[CH3-].[Si]=[Zr]. The molecule has 12 aromatic carbocycles. The van der Waals surface area contributed by atoms with Crippen molar-refractivity contribution in [2.45, 2.75) is 52.4 Å². The van der Waals surface area contributed by atoms with Gasteiger partial charge >= 0.3 is 30.2 Å². The molecule has 0 aliphatic carbocycles. The molecule has 0 fully saturated rings. The molecule has 0 N–H and O–H groups in total. The van der Waals surface area contributed by atoms with E-state index in [9.17, 15) is 0 Å². The van der Waals surface area contributed by atoms with Crippen LogP contribution in [0.4, 0.5) is 0 Å². The van der Waals surface area contributed by atoms with Crippen molar-refractivity contribution in [2.75, 3.05) is 0 Å². The van der Waals surface area contributed by atoms with Crippen LogP contribution in [0.3, 0.4) is 0 Å². The quantitative estimate of drug-likeness (QED) is 0.122. The minimum atomic E-state index is 0. The Balaban J connectivity index is 0.000000216. The van der Waals surface area contributed by atoms with Gasteiger partial charge in [0.1, 0.15) is 0 Å². The zero-order valence-electron chi connectivity index (χ0n) is 42.6. The van der Waals surface area contributed by atoms with Crippen molar-refractivity contribution in [1.29, 1.82) is 0 Å². The van der Waals surface area contributed by atoms with Crippen LogP contribution < -0.4 is 0 Å². The second kappa shape index (κ2) is 22.9. The molecule has 0 aliphatic rings. The van der Waals surface area contributed by atoms with Crippen LogP contribution in [0.25, 0.3) is 109 Å². The molecule has 0 aromatic heterocycles. The summed E-state index contributed by atoms with van der Waals surface area (Å²) in [6.07, 6.45) is 0. The standard InChI is InChI=1S/2C33H27.2CH3.2ClH.Si.Zr/c2*1-33(2,3)24-20-31-29(27-16-8-12-22-10-4-6-14-25(22)27)18-19-30(32(31)21-24)28-17-9-13-23-11-5-7-15-26(23)28;;;;;;/h2*4-21H,1-3H3;2*1H3;2*1H;;/q4*-1;;;;. The second-order valence-electron chi connectivity index (χ2n) is 20.1. The fourth-order valence-electron chi connectivity index (χ4n) is 10.2. The molecule has 0 unspecified atom stereocenters. The zero-order chi connectivity index (χ0) is 47.2. The first-order valence-electron chi connectivity index (χ1n) is 23.7. The number of hydrogen-bond donors (Lipinski definition) is 0. The Labute approximate surface area is 457 Å². The van der Waals surface area contributed by atoms with Crippen molar-refractivity contribution in [3.05, 3.63) is 244 Å². The summed E-state index contributed by atoms with van der Waals surface area (Å²) in [5.74, 6) is 0. The Kier molecular flexibility index (Phi) is 17.6. The van der Waals surface area contributed by atoms with Gasteiger partial charge in [-0.25, -0.2) is 0 Å². The molecule has 0 amide bonds. The Morgan fingerprint density at radius 2 is 0.514 bits per heavy atom. The topological polar surface area (TPSA) is 0 Å². The van der Waals surface area contributed by atoms with E-state index in [-0.39, 0.29) is 50.5 Å². The summed E-state index contributed by atoms with van der Waals surface area (Å²) in [7, 11) is 0. The van der Waals surface area contributed by atoms with Crippen molar-refractivity contribution in [3.63, 3.8) is 0 Å². The van der Waals surface area contributed by atoms with Crippen LogP contribution >= 0.6 is 24.8 Å². The van der Waals surface area contributed by atoms with Crippen LogP contribution in [0.5, 0.6) is 0 Å². The van der Waals surface area contributed by atoms with Crippen LogP contribution in [0, 0.1) is 14.9 Å². The molecule has 12 aromatic rings. The fraction of sp³-hybridized carbons (Fsp3) is 0.118. The van der Waals surface area contributed by atoms with E-state index in [0.29, 0.717) is 0 Å². The summed E-state index contributed by atoms with van der Waals surface area (Å²) >= 11 is 1.36. The van der Waals surface area contributed by atoms with Gasteiger partial charge in [0.25, 0.3) is 0 Å². The Morgan fingerprint density at radius 1 is 0.292 bits per heavy atom. The maximum atomic E-state index is 3.06. The summed E-state index contributed by atoms with van der Waals surface area (Å²) in [6, 6.07) is 80.3. The summed E-state index contributed by atoms with van der Waals surface area (Å²) < 4.78 is 0. The predicted molar refractivity (Wildman–Crippen MR) is 321 cm³/mol. The first-order valence-corrected chi connectivity index (χ1v) is 27.9. The monoisotopic (exact) mass is 1070 g/mol. The summed E-state index contributed by atoms with van der Waals surface area (Å²) in [5, 5.41) is 15.7. The average Bonchev–Trinajstić information content (AvgIpc) is 4.04. The molecule has 0 saturated carbocycles. The third-order valence-corrected chi connectivity index (χ3v) is 13.8. The molecule has 4 heteroatoms. The molecular weight excluding hydrogens is 1010 g/mol. The maximum absolute atomic E-state index is 3.06. The van der Waals surface area contributed by atoms with Crippen molar-refractivity contribution >= 4 is 96.3 Å². The third-order valence-electron chi connectivity index (χ3n) is 13.8. The van der Waals surface area contributed by atoms with Gasteiger partial charge in [-0.15, -0.1) is 69.6 Å². The molecule has 0 aliphatic heterocycles. The fourth-order valence-corrected chi connectivity index (χ4v) is 10.2. The van der Waals surface area contributed by atoms with Gasteiger partial charge in [0.15, 0.2) is 0 Å². The minimum absolute atomic E-state index is 0. The molecular formula is C68H62Cl2SiZr-4. The Hall–Kier alpha value is -5.86. The molecule has 0 heterocycles. The predicted octanol–water partition coefficient (Wildman–Crippen LogP) is 20.4. The first-order chi connectivity index (χ1) is 33.0. The van der Waals surface area contributed by atoms with E-state index in [1.54, 1.807) is 0 Å². The van der Waals surface area contributed by atoms with Crippen LogP contribution in [-0.4, -0.2) is 6.88 Å². The van der Waals surface area contributed by atoms with E-state index >= 15 is 0 Å². The van der Waals surface area contributed by atoms with E-state index in [4.69, 9.17) is 0 Å². The van der Waals surface area contributed by atoms with Crippen molar-refractivity contribution in [1.82, 2.24) is 0 Å². The Bertz CT molecular complexity index is 3320. The number of rotatable bonds is 4. The van der Waals surface area contributed by atoms with Crippen molar-refractivity contribution < 1.29 is 23.3 Å². The number of fused-ring (bicyclic) bond motifs is 6. The summed E-state index contributed by atoms with van der Waals surface area (Å²) in [5.41, 5.74) is 13.4. The second-order valence-corrected chi connectivity index (χ2v) is 20.1. The normalized spacial score (nSPS) is 11.1. The third kappa shape index (κ3) is 10.5.